The number of hydrogen-bond acceptors (Lipinski definition) is 3. The Morgan fingerprint density at radius 3 is 2.71 bits per heavy atom. The lowest BCUT2D eigenvalue weighted by atomic mass is 9.93. The molecule has 6 nitrogen and oxygen atoms in total. The smallest absolute Gasteiger partial charge is 0.194 e. The Kier molecular flexibility index (Phi) is 6.66. The van der Waals surface area contributed by atoms with Crippen molar-refractivity contribution in [3.05, 3.63) is 18.7 Å². The van der Waals surface area contributed by atoms with Crippen LogP contribution in [0.15, 0.2) is 23.7 Å². The van der Waals surface area contributed by atoms with E-state index in [1.807, 2.05) is 32.6 Å². The molecule has 2 heterocycles. The Hall–Kier alpha value is -1.56. The number of aliphatic hydroxyl groups is 1. The maximum atomic E-state index is 10.5. The first kappa shape index (κ1) is 18.8. The second-order valence-electron chi connectivity index (χ2n) is 6.89. The minimum Gasteiger partial charge on any atom is -0.388 e. The van der Waals surface area contributed by atoms with Gasteiger partial charge in [-0.25, -0.2) is 4.98 Å². The van der Waals surface area contributed by atoms with Crippen LogP contribution in [0.3, 0.4) is 0 Å². The Morgan fingerprint density at radius 2 is 2.12 bits per heavy atom. The van der Waals surface area contributed by atoms with Crippen LogP contribution in [0.4, 0.5) is 0 Å². The van der Waals surface area contributed by atoms with Gasteiger partial charge in [-0.3, -0.25) is 4.99 Å². The topological polar surface area (TPSA) is 65.7 Å². The van der Waals surface area contributed by atoms with Crippen LogP contribution in [0, 0.1) is 5.92 Å². The van der Waals surface area contributed by atoms with Gasteiger partial charge >= 0.3 is 0 Å². The summed E-state index contributed by atoms with van der Waals surface area (Å²) in [7, 11) is 0. The first-order chi connectivity index (χ1) is 11.5. The molecular weight excluding hydrogens is 302 g/mol. The molecule has 1 aromatic rings. The fraction of sp³-hybridized carbons (Fsp3) is 0.778. The number of nitrogens with one attached hydrogen (secondary N) is 1. The molecule has 1 fully saturated rings. The molecule has 0 saturated carbocycles. The summed E-state index contributed by atoms with van der Waals surface area (Å²) >= 11 is 0. The molecule has 2 unspecified atom stereocenters. The van der Waals surface area contributed by atoms with Crippen LogP contribution in [-0.2, 0) is 0 Å². The third-order valence-corrected chi connectivity index (χ3v) is 5.30. The van der Waals surface area contributed by atoms with Gasteiger partial charge in [0.05, 0.1) is 24.5 Å². The SMILES string of the molecule is CCNC(=NCC(O)(CC)CC)N1CCC(C)C(n2ccnc2)C1. The van der Waals surface area contributed by atoms with Gasteiger partial charge in [0.15, 0.2) is 5.96 Å². The molecule has 0 aromatic carbocycles. The number of rotatable bonds is 6. The van der Waals surface area contributed by atoms with Gasteiger partial charge in [-0.15, -0.1) is 0 Å². The van der Waals surface area contributed by atoms with Crippen molar-refractivity contribution < 1.29 is 5.11 Å². The summed E-state index contributed by atoms with van der Waals surface area (Å²) in [6, 6.07) is 0.404. The highest BCUT2D eigenvalue weighted by molar-refractivity contribution is 5.80. The summed E-state index contributed by atoms with van der Waals surface area (Å²) in [6.07, 6.45) is 8.36. The van der Waals surface area contributed by atoms with Crippen LogP contribution in [0.25, 0.3) is 0 Å². The molecule has 2 rings (SSSR count). The minimum absolute atomic E-state index is 0.404. The lowest BCUT2D eigenvalue weighted by Gasteiger charge is -2.39. The molecule has 0 spiro atoms. The number of imidazole rings is 1. The predicted molar refractivity (Wildman–Crippen MR) is 98.1 cm³/mol. The van der Waals surface area contributed by atoms with Crippen molar-refractivity contribution >= 4 is 5.96 Å². The molecule has 0 aliphatic carbocycles. The summed E-state index contributed by atoms with van der Waals surface area (Å²) in [5.41, 5.74) is -0.701. The normalized spacial score (nSPS) is 22.7. The number of piperidine rings is 1. The highest BCUT2D eigenvalue weighted by Crippen LogP contribution is 2.27. The molecule has 0 amide bonds. The average molecular weight is 335 g/mol. The monoisotopic (exact) mass is 335 g/mol. The second-order valence-corrected chi connectivity index (χ2v) is 6.89. The van der Waals surface area contributed by atoms with Gasteiger partial charge < -0.3 is 19.9 Å². The van der Waals surface area contributed by atoms with Gasteiger partial charge in [0.1, 0.15) is 0 Å². The van der Waals surface area contributed by atoms with E-state index in [0.717, 1.165) is 44.9 Å². The summed E-state index contributed by atoms with van der Waals surface area (Å²) in [4.78, 5) is 11.3. The van der Waals surface area contributed by atoms with E-state index in [-0.39, 0.29) is 0 Å². The molecule has 1 saturated heterocycles. The van der Waals surface area contributed by atoms with Crippen LogP contribution in [0.2, 0.25) is 0 Å². The lowest BCUT2D eigenvalue weighted by Crippen LogP contribution is -2.49. The quantitative estimate of drug-likeness (QED) is 0.618. The fourth-order valence-corrected chi connectivity index (χ4v) is 3.22. The van der Waals surface area contributed by atoms with E-state index in [9.17, 15) is 5.11 Å². The summed E-state index contributed by atoms with van der Waals surface area (Å²) in [5.74, 6) is 1.52. The van der Waals surface area contributed by atoms with E-state index in [0.29, 0.717) is 18.5 Å². The molecule has 1 aliphatic heterocycles. The highest BCUT2D eigenvalue weighted by Gasteiger charge is 2.29. The van der Waals surface area contributed by atoms with Crippen LogP contribution in [-0.4, -0.2) is 57.3 Å². The molecule has 0 radical (unpaired) electrons. The third kappa shape index (κ3) is 4.50. The maximum Gasteiger partial charge on any atom is 0.194 e. The third-order valence-electron chi connectivity index (χ3n) is 5.30. The van der Waals surface area contributed by atoms with Crippen LogP contribution in [0.1, 0.15) is 53.0 Å². The highest BCUT2D eigenvalue weighted by atomic mass is 16.3. The number of hydrogen-bond donors (Lipinski definition) is 2. The number of aliphatic imine (C=N–C) groups is 1. The van der Waals surface area contributed by atoms with E-state index in [1.165, 1.54) is 0 Å². The van der Waals surface area contributed by atoms with Crippen molar-refractivity contribution in [3.63, 3.8) is 0 Å². The number of guanidine groups is 1. The molecule has 24 heavy (non-hydrogen) atoms. The largest absolute Gasteiger partial charge is 0.388 e. The predicted octanol–water partition coefficient (Wildman–Crippen LogP) is 2.28. The van der Waals surface area contributed by atoms with Gasteiger partial charge in [0.25, 0.3) is 0 Å². The Bertz CT molecular complexity index is 509. The lowest BCUT2D eigenvalue weighted by molar-refractivity contribution is 0.0414. The van der Waals surface area contributed by atoms with Gasteiger partial charge in [-0.2, -0.15) is 0 Å². The number of aromatic nitrogens is 2. The molecule has 1 aliphatic rings. The molecule has 136 valence electrons. The zero-order chi connectivity index (χ0) is 17.6. The van der Waals surface area contributed by atoms with Gasteiger partial charge in [-0.1, -0.05) is 20.8 Å². The number of likely N-dealkylation sites (tertiary alicyclic amines) is 1. The van der Waals surface area contributed by atoms with E-state index < -0.39 is 5.60 Å². The Morgan fingerprint density at radius 1 is 1.38 bits per heavy atom. The van der Waals surface area contributed by atoms with E-state index in [2.05, 4.69) is 33.6 Å². The summed E-state index contributed by atoms with van der Waals surface area (Å²) in [6.45, 7) is 11.6. The van der Waals surface area contributed by atoms with Crippen molar-refractivity contribution in [1.82, 2.24) is 19.8 Å². The first-order valence-corrected chi connectivity index (χ1v) is 9.26. The zero-order valence-electron chi connectivity index (χ0n) is 15.6. The van der Waals surface area contributed by atoms with Crippen molar-refractivity contribution in [1.29, 1.82) is 0 Å². The minimum atomic E-state index is -0.701. The van der Waals surface area contributed by atoms with Crippen molar-refractivity contribution in [2.24, 2.45) is 10.9 Å². The summed E-state index contributed by atoms with van der Waals surface area (Å²) < 4.78 is 2.20. The van der Waals surface area contributed by atoms with E-state index in [4.69, 9.17) is 4.99 Å². The fourth-order valence-electron chi connectivity index (χ4n) is 3.22. The Labute approximate surface area is 146 Å². The van der Waals surface area contributed by atoms with Gasteiger partial charge in [0.2, 0.25) is 0 Å². The standard InChI is InChI=1S/C18H33N5O/c1-5-18(24,6-2)13-21-17(20-7-3)22-10-8-15(4)16(12-22)23-11-9-19-14-23/h9,11,14-16,24H,5-8,10,12-13H2,1-4H3,(H,20,21). The van der Waals surface area contributed by atoms with Gasteiger partial charge in [-0.05, 0) is 32.1 Å². The molecule has 0 bridgehead atoms. The molecule has 2 N–H and O–H groups in total. The van der Waals surface area contributed by atoms with Crippen LogP contribution >= 0.6 is 0 Å². The second kappa shape index (κ2) is 8.51. The maximum absolute atomic E-state index is 10.5. The first-order valence-electron chi connectivity index (χ1n) is 9.26. The van der Waals surface area contributed by atoms with E-state index in [1.54, 1.807) is 0 Å². The average Bonchev–Trinajstić information content (AvgIpc) is 3.13. The van der Waals surface area contributed by atoms with Gasteiger partial charge in [0, 0.05) is 32.0 Å². The molecule has 2 atom stereocenters. The van der Waals surface area contributed by atoms with Crippen molar-refractivity contribution in [3.8, 4) is 0 Å². The number of nitrogens with zero attached hydrogens (tertiary/aromatic N) is 4. The van der Waals surface area contributed by atoms with Crippen molar-refractivity contribution in [2.45, 2.75) is 58.6 Å². The van der Waals surface area contributed by atoms with Crippen LogP contribution < -0.4 is 5.32 Å². The zero-order valence-corrected chi connectivity index (χ0v) is 15.6. The van der Waals surface area contributed by atoms with E-state index >= 15 is 0 Å². The molecular formula is C18H33N5O. The Balaban J connectivity index is 2.12. The van der Waals surface area contributed by atoms with Crippen molar-refractivity contribution in [2.75, 3.05) is 26.2 Å². The molecule has 6 heteroatoms. The summed E-state index contributed by atoms with van der Waals surface area (Å²) in [5, 5.41) is 13.9. The van der Waals surface area contributed by atoms with Crippen LogP contribution in [0.5, 0.6) is 0 Å². The molecule has 1 aromatic heterocycles.